The van der Waals surface area contributed by atoms with Crippen molar-refractivity contribution in [2.75, 3.05) is 11.9 Å². The summed E-state index contributed by atoms with van der Waals surface area (Å²) < 4.78 is 5.89. The fourth-order valence-electron chi connectivity index (χ4n) is 2.24. The SMILES string of the molecule is c1cncc(COc2cccc3c2NCCC3)c1. The Labute approximate surface area is 107 Å². The zero-order valence-electron chi connectivity index (χ0n) is 10.2. The van der Waals surface area contributed by atoms with Gasteiger partial charge in [0.15, 0.2) is 0 Å². The Bertz CT molecular complexity index is 525. The number of ether oxygens (including phenoxy) is 1. The predicted molar refractivity (Wildman–Crippen MR) is 71.8 cm³/mol. The Morgan fingerprint density at radius 3 is 3.11 bits per heavy atom. The van der Waals surface area contributed by atoms with E-state index in [0.29, 0.717) is 6.61 Å². The van der Waals surface area contributed by atoms with Gasteiger partial charge >= 0.3 is 0 Å². The van der Waals surface area contributed by atoms with Crippen LogP contribution >= 0.6 is 0 Å². The largest absolute Gasteiger partial charge is 0.487 e. The summed E-state index contributed by atoms with van der Waals surface area (Å²) in [6.07, 6.45) is 5.93. The molecule has 0 fully saturated rings. The van der Waals surface area contributed by atoms with Crippen LogP contribution in [0.2, 0.25) is 0 Å². The summed E-state index contributed by atoms with van der Waals surface area (Å²) in [7, 11) is 0. The van der Waals surface area contributed by atoms with Crippen LogP contribution in [0.5, 0.6) is 5.75 Å². The van der Waals surface area contributed by atoms with Crippen LogP contribution in [0, 0.1) is 0 Å². The average Bonchev–Trinajstić information content (AvgIpc) is 2.46. The summed E-state index contributed by atoms with van der Waals surface area (Å²) in [6, 6.07) is 10.2. The molecule has 0 aliphatic carbocycles. The van der Waals surface area contributed by atoms with Crippen LogP contribution in [0.25, 0.3) is 0 Å². The standard InChI is InChI=1S/C15H16N2O/c1-5-13-6-3-9-17-15(13)14(7-1)18-11-12-4-2-8-16-10-12/h1-2,4-5,7-8,10,17H,3,6,9,11H2. The van der Waals surface area contributed by atoms with Gasteiger partial charge in [0.05, 0.1) is 5.69 Å². The molecule has 0 bridgehead atoms. The van der Waals surface area contributed by atoms with E-state index in [1.165, 1.54) is 12.0 Å². The van der Waals surface area contributed by atoms with Crippen molar-refractivity contribution in [3.05, 3.63) is 53.9 Å². The third-order valence-electron chi connectivity index (χ3n) is 3.15. The van der Waals surface area contributed by atoms with Crippen LogP contribution < -0.4 is 10.1 Å². The van der Waals surface area contributed by atoms with Gasteiger partial charge in [-0.2, -0.15) is 0 Å². The van der Waals surface area contributed by atoms with Crippen molar-refractivity contribution in [3.63, 3.8) is 0 Å². The maximum absolute atomic E-state index is 5.89. The monoisotopic (exact) mass is 240 g/mol. The zero-order chi connectivity index (χ0) is 12.2. The van der Waals surface area contributed by atoms with Gasteiger partial charge in [-0.1, -0.05) is 18.2 Å². The quantitative estimate of drug-likeness (QED) is 0.895. The molecule has 2 aromatic rings. The van der Waals surface area contributed by atoms with Gasteiger partial charge in [-0.3, -0.25) is 4.98 Å². The average molecular weight is 240 g/mol. The molecule has 0 saturated carbocycles. The minimum atomic E-state index is 0.561. The third-order valence-corrected chi connectivity index (χ3v) is 3.15. The lowest BCUT2D eigenvalue weighted by Gasteiger charge is -2.21. The molecule has 0 spiro atoms. The smallest absolute Gasteiger partial charge is 0.143 e. The molecule has 1 aromatic carbocycles. The van der Waals surface area contributed by atoms with Crippen LogP contribution in [0.15, 0.2) is 42.7 Å². The first-order valence-electron chi connectivity index (χ1n) is 6.31. The van der Waals surface area contributed by atoms with E-state index in [2.05, 4.69) is 22.4 Å². The van der Waals surface area contributed by atoms with E-state index in [9.17, 15) is 0 Å². The second-order valence-electron chi connectivity index (χ2n) is 4.47. The van der Waals surface area contributed by atoms with Crippen molar-refractivity contribution in [2.45, 2.75) is 19.4 Å². The predicted octanol–water partition coefficient (Wildman–Crippen LogP) is 3.02. The van der Waals surface area contributed by atoms with Gasteiger partial charge in [-0.05, 0) is 30.5 Å². The molecule has 1 aliphatic rings. The number of fused-ring (bicyclic) bond motifs is 1. The number of nitrogens with zero attached hydrogens (tertiary/aromatic N) is 1. The summed E-state index contributed by atoms with van der Waals surface area (Å²) in [6.45, 7) is 1.59. The number of hydrogen-bond acceptors (Lipinski definition) is 3. The van der Waals surface area contributed by atoms with Crippen LogP contribution in [-0.2, 0) is 13.0 Å². The van der Waals surface area contributed by atoms with Gasteiger partial charge in [-0.25, -0.2) is 0 Å². The molecule has 0 atom stereocenters. The minimum Gasteiger partial charge on any atom is -0.487 e. The molecule has 0 radical (unpaired) electrons. The number of anilines is 1. The van der Waals surface area contributed by atoms with E-state index < -0.39 is 0 Å². The molecule has 1 aromatic heterocycles. The van der Waals surface area contributed by atoms with Gasteiger partial charge < -0.3 is 10.1 Å². The molecule has 18 heavy (non-hydrogen) atoms. The molecule has 92 valence electrons. The van der Waals surface area contributed by atoms with Crippen LogP contribution in [0.1, 0.15) is 17.5 Å². The van der Waals surface area contributed by atoms with Gasteiger partial charge in [0.25, 0.3) is 0 Å². The number of aromatic nitrogens is 1. The lowest BCUT2D eigenvalue weighted by molar-refractivity contribution is 0.306. The van der Waals surface area contributed by atoms with Crippen molar-refractivity contribution >= 4 is 5.69 Å². The van der Waals surface area contributed by atoms with E-state index >= 15 is 0 Å². The Kier molecular flexibility index (Phi) is 3.13. The summed E-state index contributed by atoms with van der Waals surface area (Å²) in [5.74, 6) is 0.941. The van der Waals surface area contributed by atoms with E-state index in [4.69, 9.17) is 4.74 Å². The number of nitrogens with one attached hydrogen (secondary N) is 1. The number of aryl methyl sites for hydroxylation is 1. The van der Waals surface area contributed by atoms with Crippen LogP contribution in [0.4, 0.5) is 5.69 Å². The summed E-state index contributed by atoms with van der Waals surface area (Å²) in [5.41, 5.74) is 3.60. The fraction of sp³-hybridized carbons (Fsp3) is 0.267. The number of pyridine rings is 1. The molecule has 0 saturated heterocycles. The first kappa shape index (κ1) is 11.1. The maximum Gasteiger partial charge on any atom is 0.143 e. The zero-order valence-corrected chi connectivity index (χ0v) is 10.2. The van der Waals surface area contributed by atoms with Crippen molar-refractivity contribution in [2.24, 2.45) is 0 Å². The molecule has 0 unspecified atom stereocenters. The van der Waals surface area contributed by atoms with Crippen molar-refractivity contribution in [1.29, 1.82) is 0 Å². The highest BCUT2D eigenvalue weighted by Crippen LogP contribution is 2.32. The fourth-order valence-corrected chi connectivity index (χ4v) is 2.24. The van der Waals surface area contributed by atoms with E-state index in [-0.39, 0.29) is 0 Å². The molecule has 0 amide bonds. The van der Waals surface area contributed by atoms with E-state index in [1.54, 1.807) is 6.20 Å². The van der Waals surface area contributed by atoms with Gasteiger partial charge in [0.1, 0.15) is 12.4 Å². The topological polar surface area (TPSA) is 34.1 Å². The highest BCUT2D eigenvalue weighted by molar-refractivity contribution is 5.63. The number of hydrogen-bond donors (Lipinski definition) is 1. The number of benzene rings is 1. The number of rotatable bonds is 3. The second-order valence-corrected chi connectivity index (χ2v) is 4.47. The van der Waals surface area contributed by atoms with Gasteiger partial charge in [-0.15, -0.1) is 0 Å². The van der Waals surface area contributed by atoms with Gasteiger partial charge in [0.2, 0.25) is 0 Å². The van der Waals surface area contributed by atoms with Crippen LogP contribution in [0.3, 0.4) is 0 Å². The molecule has 1 aliphatic heterocycles. The Morgan fingerprint density at radius 2 is 2.22 bits per heavy atom. The van der Waals surface area contributed by atoms with Crippen molar-refractivity contribution in [3.8, 4) is 5.75 Å². The first-order chi connectivity index (χ1) is 8.93. The minimum absolute atomic E-state index is 0.561. The van der Waals surface area contributed by atoms with E-state index in [0.717, 1.165) is 30.0 Å². The van der Waals surface area contributed by atoms with Crippen LogP contribution in [-0.4, -0.2) is 11.5 Å². The van der Waals surface area contributed by atoms with Crippen molar-refractivity contribution < 1.29 is 4.74 Å². The molecule has 2 heterocycles. The maximum atomic E-state index is 5.89. The Morgan fingerprint density at radius 1 is 1.22 bits per heavy atom. The van der Waals surface area contributed by atoms with Crippen molar-refractivity contribution in [1.82, 2.24) is 4.98 Å². The number of para-hydroxylation sites is 1. The van der Waals surface area contributed by atoms with Gasteiger partial charge in [0, 0.05) is 24.5 Å². The first-order valence-corrected chi connectivity index (χ1v) is 6.31. The highest BCUT2D eigenvalue weighted by atomic mass is 16.5. The third kappa shape index (κ3) is 2.30. The second kappa shape index (κ2) is 5.08. The summed E-state index contributed by atoms with van der Waals surface area (Å²) in [4.78, 5) is 4.09. The normalized spacial score (nSPS) is 13.6. The molecule has 1 N–H and O–H groups in total. The Balaban J connectivity index is 1.77. The highest BCUT2D eigenvalue weighted by Gasteiger charge is 2.12. The molecular weight excluding hydrogens is 224 g/mol. The molecule has 3 heteroatoms. The summed E-state index contributed by atoms with van der Waals surface area (Å²) >= 11 is 0. The lowest BCUT2D eigenvalue weighted by atomic mass is 10.0. The Hall–Kier alpha value is -2.03. The lowest BCUT2D eigenvalue weighted by Crippen LogP contribution is -2.13. The molecule has 3 rings (SSSR count). The molecular formula is C15H16N2O. The van der Waals surface area contributed by atoms with E-state index in [1.807, 2.05) is 24.4 Å². The molecule has 3 nitrogen and oxygen atoms in total. The summed E-state index contributed by atoms with van der Waals surface area (Å²) in [5, 5.41) is 3.43.